The summed E-state index contributed by atoms with van der Waals surface area (Å²) in [7, 11) is 1.63. The van der Waals surface area contributed by atoms with Crippen LogP contribution in [0, 0.1) is 0 Å². The Morgan fingerprint density at radius 3 is 0.971 bits per heavy atom. The first kappa shape index (κ1) is 68.5. The van der Waals surface area contributed by atoms with Crippen LogP contribution in [0.3, 0.4) is 0 Å². The van der Waals surface area contributed by atoms with Crippen LogP contribution >= 0.6 is 7.82 Å². The second kappa shape index (κ2) is 52.4. The van der Waals surface area contributed by atoms with Gasteiger partial charge in [-0.1, -0.05) is 309 Å². The van der Waals surface area contributed by atoms with E-state index >= 15 is 0 Å². The summed E-state index contributed by atoms with van der Waals surface area (Å²) in [5, 5.41) is 14.0. The fraction of sp³-hybridized carbons (Fsp3) is 0.983. The highest BCUT2D eigenvalue weighted by atomic mass is 31.2. The highest BCUT2D eigenvalue weighted by Gasteiger charge is 2.28. The van der Waals surface area contributed by atoms with Crippen LogP contribution in [0.1, 0.15) is 328 Å². The molecule has 9 heteroatoms. The van der Waals surface area contributed by atoms with Gasteiger partial charge in [-0.05, 0) is 12.8 Å². The number of nitrogens with one attached hydrogen (secondary N) is 1. The van der Waals surface area contributed by atoms with Crippen molar-refractivity contribution in [1.29, 1.82) is 0 Å². The summed E-state index contributed by atoms with van der Waals surface area (Å²) in [6.07, 6.45) is 63.5. The van der Waals surface area contributed by atoms with Gasteiger partial charge in [-0.15, -0.1) is 0 Å². The molecule has 0 spiro atoms. The Morgan fingerprint density at radius 2 is 0.696 bits per heavy atom. The van der Waals surface area contributed by atoms with Crippen LogP contribution in [-0.2, 0) is 18.4 Å². The molecular weight excluding hydrogens is 876 g/mol. The summed E-state index contributed by atoms with van der Waals surface area (Å²) in [4.78, 5) is 23.3. The van der Waals surface area contributed by atoms with E-state index in [0.29, 0.717) is 23.9 Å². The number of rotatable bonds is 58. The highest BCUT2D eigenvalue weighted by Crippen LogP contribution is 2.43. The van der Waals surface area contributed by atoms with Crippen LogP contribution in [0.5, 0.6) is 0 Å². The lowest BCUT2D eigenvalue weighted by Crippen LogP contribution is -2.46. The molecule has 0 fully saturated rings. The van der Waals surface area contributed by atoms with Gasteiger partial charge < -0.3 is 19.8 Å². The number of quaternary nitrogens is 1. The average molecular weight is 1000 g/mol. The quantitative estimate of drug-likeness (QED) is 0.0318. The molecule has 414 valence electrons. The Morgan fingerprint density at radius 1 is 0.435 bits per heavy atom. The van der Waals surface area contributed by atoms with E-state index in [9.17, 15) is 19.4 Å². The number of amides is 1. The van der Waals surface area contributed by atoms with Crippen molar-refractivity contribution in [3.8, 4) is 0 Å². The number of aliphatic hydroxyl groups excluding tert-OH is 1. The first-order chi connectivity index (χ1) is 33.5. The summed E-state index contributed by atoms with van der Waals surface area (Å²) in [5.74, 6) is -0.138. The number of likely N-dealkylation sites (N-methyl/N-ethyl adjacent to an activating group) is 1. The van der Waals surface area contributed by atoms with Gasteiger partial charge >= 0.3 is 7.82 Å². The molecular formula is C60H124N2O6P+. The Balaban J connectivity index is 3.81. The van der Waals surface area contributed by atoms with Gasteiger partial charge in [-0.25, -0.2) is 4.57 Å². The fourth-order valence-electron chi connectivity index (χ4n) is 9.76. The molecule has 0 aliphatic carbocycles. The van der Waals surface area contributed by atoms with Crippen molar-refractivity contribution in [2.24, 2.45) is 0 Å². The molecule has 1 amide bonds. The molecule has 0 bridgehead atoms. The topological polar surface area (TPSA) is 105 Å². The molecule has 3 N–H and O–H groups in total. The molecule has 8 nitrogen and oxygen atoms in total. The molecule has 1 unspecified atom stereocenters. The molecule has 0 radical (unpaired) electrons. The third-order valence-corrected chi connectivity index (χ3v) is 15.6. The Labute approximate surface area is 431 Å². The number of nitrogens with zero attached hydrogens (tertiary/aromatic N) is 1. The lowest BCUT2D eigenvalue weighted by Gasteiger charge is -2.26. The lowest BCUT2D eigenvalue weighted by molar-refractivity contribution is -0.870. The molecule has 69 heavy (non-hydrogen) atoms. The van der Waals surface area contributed by atoms with Gasteiger partial charge in [0.05, 0.1) is 39.9 Å². The van der Waals surface area contributed by atoms with Crippen molar-refractivity contribution >= 4 is 13.7 Å². The zero-order valence-corrected chi connectivity index (χ0v) is 48.2. The van der Waals surface area contributed by atoms with Crippen molar-refractivity contribution in [1.82, 2.24) is 5.32 Å². The normalized spacial score (nSPS) is 13.8. The summed E-state index contributed by atoms with van der Waals surface area (Å²) in [6, 6.07) is -0.754. The van der Waals surface area contributed by atoms with Crippen molar-refractivity contribution in [2.75, 3.05) is 40.9 Å². The van der Waals surface area contributed by atoms with Crippen LogP contribution in [0.15, 0.2) is 0 Å². The maximum absolute atomic E-state index is 13.0. The number of unbranched alkanes of at least 4 members (excludes halogenated alkanes) is 45. The summed E-state index contributed by atoms with van der Waals surface area (Å²) in [5.41, 5.74) is 0. The fourth-order valence-corrected chi connectivity index (χ4v) is 10.5. The van der Waals surface area contributed by atoms with E-state index in [1.54, 1.807) is 0 Å². The first-order valence-corrected chi connectivity index (χ1v) is 32.4. The predicted molar refractivity (Wildman–Crippen MR) is 300 cm³/mol. The molecule has 0 aliphatic rings. The SMILES string of the molecule is CCCCCCCCCCCCCCCCCCCCCCCCCCCCCCCCCCCCCCC(=O)N[C@@H](COP(=O)(O)OCC[N+](C)(C)C)[C@H](O)CCCCCCCCCCCCC. The molecule has 0 aromatic heterocycles. The second-order valence-corrected chi connectivity index (χ2v) is 24.3. The number of phosphoric acid groups is 1. The van der Waals surface area contributed by atoms with E-state index in [-0.39, 0.29) is 19.1 Å². The van der Waals surface area contributed by atoms with Crippen LogP contribution < -0.4 is 5.32 Å². The van der Waals surface area contributed by atoms with E-state index in [1.165, 1.54) is 263 Å². The third kappa shape index (κ3) is 55.1. The Hall–Kier alpha value is -0.500. The molecule has 0 saturated heterocycles. The third-order valence-electron chi connectivity index (χ3n) is 14.6. The van der Waals surface area contributed by atoms with Crippen molar-refractivity contribution in [3.05, 3.63) is 0 Å². The van der Waals surface area contributed by atoms with Gasteiger partial charge in [-0.2, -0.15) is 0 Å². The summed E-state index contributed by atoms with van der Waals surface area (Å²) >= 11 is 0. The van der Waals surface area contributed by atoms with Crippen LogP contribution in [-0.4, -0.2) is 73.4 Å². The monoisotopic (exact) mass is 1000 g/mol. The number of aliphatic hydroxyl groups is 1. The predicted octanol–water partition coefficient (Wildman–Crippen LogP) is 18.8. The zero-order valence-electron chi connectivity index (χ0n) is 47.3. The van der Waals surface area contributed by atoms with Crippen molar-refractivity contribution < 1.29 is 32.9 Å². The smallest absolute Gasteiger partial charge is 0.391 e. The number of phosphoric ester groups is 1. The van der Waals surface area contributed by atoms with Crippen LogP contribution in [0.2, 0.25) is 0 Å². The standard InChI is InChI=1S/C60H123N2O6P/c1-6-8-10-12-14-16-18-19-20-21-22-23-24-25-26-27-28-29-30-31-32-33-34-35-36-37-38-39-40-41-42-44-46-48-50-52-54-60(64)61-58(57-68-69(65,66)67-56-55-62(3,4)5)59(63)53-51-49-47-45-43-17-15-13-11-9-7-2/h58-59,63H,6-57H2,1-5H3,(H-,61,64,65,66)/p+1/t58-,59+/m0/s1. The van der Waals surface area contributed by atoms with Crippen molar-refractivity contribution in [3.63, 3.8) is 0 Å². The van der Waals surface area contributed by atoms with Gasteiger partial charge in [-0.3, -0.25) is 13.8 Å². The number of hydrogen-bond donors (Lipinski definition) is 3. The minimum atomic E-state index is -4.31. The molecule has 0 heterocycles. The molecule has 0 aromatic rings. The second-order valence-electron chi connectivity index (χ2n) is 22.8. The van der Waals surface area contributed by atoms with Crippen LogP contribution in [0.25, 0.3) is 0 Å². The molecule has 0 aromatic carbocycles. The first-order valence-electron chi connectivity index (χ1n) is 30.9. The minimum absolute atomic E-state index is 0.0787. The van der Waals surface area contributed by atoms with E-state index < -0.39 is 20.0 Å². The largest absolute Gasteiger partial charge is 0.472 e. The summed E-state index contributed by atoms with van der Waals surface area (Å²) in [6.45, 7) is 4.92. The molecule has 0 rings (SSSR count). The lowest BCUT2D eigenvalue weighted by atomic mass is 10.0. The minimum Gasteiger partial charge on any atom is -0.391 e. The maximum Gasteiger partial charge on any atom is 0.472 e. The summed E-state index contributed by atoms with van der Waals surface area (Å²) < 4.78 is 23.7. The average Bonchev–Trinajstić information content (AvgIpc) is 3.31. The van der Waals surface area contributed by atoms with Gasteiger partial charge in [0.25, 0.3) is 0 Å². The molecule has 0 saturated carbocycles. The maximum atomic E-state index is 13.0. The Kier molecular flexibility index (Phi) is 52.0. The Bertz CT molecular complexity index is 1090. The van der Waals surface area contributed by atoms with Crippen molar-refractivity contribution in [2.45, 2.75) is 341 Å². The van der Waals surface area contributed by atoms with Gasteiger partial charge in [0, 0.05) is 6.42 Å². The van der Waals surface area contributed by atoms with E-state index in [2.05, 4.69) is 19.2 Å². The van der Waals surface area contributed by atoms with Gasteiger partial charge in [0.1, 0.15) is 13.2 Å². The number of hydrogen-bond acceptors (Lipinski definition) is 5. The number of carbonyl (C=O) groups excluding carboxylic acids is 1. The van der Waals surface area contributed by atoms with Crippen LogP contribution in [0.4, 0.5) is 0 Å². The number of carbonyl (C=O) groups is 1. The molecule has 3 atom stereocenters. The van der Waals surface area contributed by atoms with Gasteiger partial charge in [0.2, 0.25) is 5.91 Å². The van der Waals surface area contributed by atoms with E-state index in [4.69, 9.17) is 9.05 Å². The highest BCUT2D eigenvalue weighted by molar-refractivity contribution is 7.47. The van der Waals surface area contributed by atoms with E-state index in [1.807, 2.05) is 21.1 Å². The molecule has 0 aliphatic heterocycles. The van der Waals surface area contributed by atoms with Gasteiger partial charge in [0.15, 0.2) is 0 Å². The van der Waals surface area contributed by atoms with E-state index in [0.717, 1.165) is 38.5 Å². The zero-order chi connectivity index (χ0) is 50.6.